The molecule has 0 spiro atoms. The van der Waals surface area contributed by atoms with Crippen LogP contribution in [-0.2, 0) is 21.4 Å². The lowest BCUT2D eigenvalue weighted by atomic mass is 10.1. The van der Waals surface area contributed by atoms with Crippen LogP contribution < -0.4 is 14.4 Å². The predicted octanol–water partition coefficient (Wildman–Crippen LogP) is 2.14. The Hall–Kier alpha value is -3.40. The minimum absolute atomic E-state index is 0.0825. The maximum atomic E-state index is 12.0. The van der Waals surface area contributed by atoms with Gasteiger partial charge in [0.25, 0.3) is 5.91 Å². The summed E-state index contributed by atoms with van der Waals surface area (Å²) in [7, 11) is -1.88. The van der Waals surface area contributed by atoms with E-state index in [-0.39, 0.29) is 24.9 Å². The van der Waals surface area contributed by atoms with Gasteiger partial charge in [-0.15, -0.1) is 0 Å². The van der Waals surface area contributed by atoms with Crippen LogP contribution in [0.2, 0.25) is 0 Å². The van der Waals surface area contributed by atoms with Crippen molar-refractivity contribution in [1.29, 1.82) is 0 Å². The molecule has 0 aliphatic heterocycles. The van der Waals surface area contributed by atoms with Gasteiger partial charge in [0.15, 0.2) is 6.61 Å². The highest BCUT2D eigenvalue weighted by Gasteiger charge is 2.13. The normalized spacial score (nSPS) is 11.2. The van der Waals surface area contributed by atoms with Gasteiger partial charge in [-0.2, -0.15) is 4.98 Å². The molecule has 0 aliphatic carbocycles. The Morgan fingerprint density at radius 2 is 1.87 bits per heavy atom. The highest BCUT2D eigenvalue weighted by Crippen LogP contribution is 2.21. The van der Waals surface area contributed by atoms with E-state index < -0.39 is 10.0 Å². The summed E-state index contributed by atoms with van der Waals surface area (Å²) in [6.45, 7) is 1.83. The maximum absolute atomic E-state index is 12.0. The molecule has 9 nitrogen and oxygen atoms in total. The van der Waals surface area contributed by atoms with Gasteiger partial charge in [-0.25, -0.2) is 8.42 Å². The molecule has 1 heterocycles. The number of benzene rings is 2. The van der Waals surface area contributed by atoms with Gasteiger partial charge >= 0.3 is 0 Å². The number of aryl methyl sites for hydroxylation is 1. The first-order valence-corrected chi connectivity index (χ1v) is 10.9. The lowest BCUT2D eigenvalue weighted by Crippen LogP contribution is -2.28. The van der Waals surface area contributed by atoms with Gasteiger partial charge in [-0.1, -0.05) is 29.4 Å². The van der Waals surface area contributed by atoms with Crippen molar-refractivity contribution in [3.63, 3.8) is 0 Å². The van der Waals surface area contributed by atoms with Gasteiger partial charge in [-0.3, -0.25) is 9.10 Å². The molecule has 3 rings (SSSR count). The van der Waals surface area contributed by atoms with Gasteiger partial charge < -0.3 is 14.6 Å². The zero-order valence-corrected chi connectivity index (χ0v) is 17.6. The highest BCUT2D eigenvalue weighted by atomic mass is 32.2. The Labute approximate surface area is 174 Å². The van der Waals surface area contributed by atoms with Crippen molar-refractivity contribution in [2.24, 2.45) is 0 Å². The quantitative estimate of drug-likeness (QED) is 0.582. The number of ether oxygens (including phenoxy) is 1. The molecule has 0 fully saturated rings. The molecule has 0 saturated carbocycles. The molecule has 0 radical (unpaired) electrons. The smallest absolute Gasteiger partial charge is 0.258 e. The molecule has 0 atom stereocenters. The van der Waals surface area contributed by atoms with Gasteiger partial charge in [0.05, 0.1) is 18.5 Å². The molecule has 0 bridgehead atoms. The van der Waals surface area contributed by atoms with E-state index in [4.69, 9.17) is 9.26 Å². The van der Waals surface area contributed by atoms with Crippen LogP contribution in [0.15, 0.2) is 53.1 Å². The SMILES string of the molecule is Cc1ccccc1-c1noc(CNC(=O)COc2ccc(N(C)S(C)(=O)=O)cc2)n1. The number of hydrogen-bond donors (Lipinski definition) is 1. The summed E-state index contributed by atoms with van der Waals surface area (Å²) >= 11 is 0. The lowest BCUT2D eigenvalue weighted by Gasteiger charge is -2.16. The van der Waals surface area contributed by atoms with E-state index in [1.807, 2.05) is 31.2 Å². The maximum Gasteiger partial charge on any atom is 0.258 e. The molecule has 0 aliphatic rings. The summed E-state index contributed by atoms with van der Waals surface area (Å²) in [5.74, 6) is 0.834. The fourth-order valence-electron chi connectivity index (χ4n) is 2.58. The lowest BCUT2D eigenvalue weighted by molar-refractivity contribution is -0.123. The van der Waals surface area contributed by atoms with Gasteiger partial charge in [-0.05, 0) is 36.8 Å². The molecule has 0 saturated heterocycles. The van der Waals surface area contributed by atoms with Crippen molar-refractivity contribution in [2.75, 3.05) is 24.2 Å². The highest BCUT2D eigenvalue weighted by molar-refractivity contribution is 7.92. The van der Waals surface area contributed by atoms with E-state index in [9.17, 15) is 13.2 Å². The average molecular weight is 430 g/mol. The zero-order valence-electron chi connectivity index (χ0n) is 16.8. The number of hydrogen-bond acceptors (Lipinski definition) is 7. The largest absolute Gasteiger partial charge is 0.484 e. The van der Waals surface area contributed by atoms with Gasteiger partial charge in [0.2, 0.25) is 21.7 Å². The fourth-order valence-corrected chi connectivity index (χ4v) is 3.08. The van der Waals surface area contributed by atoms with Crippen LogP contribution in [0.3, 0.4) is 0 Å². The van der Waals surface area contributed by atoms with Crippen molar-refractivity contribution >= 4 is 21.6 Å². The van der Waals surface area contributed by atoms with Crippen molar-refractivity contribution in [1.82, 2.24) is 15.5 Å². The number of nitrogens with zero attached hydrogens (tertiary/aromatic N) is 3. The Morgan fingerprint density at radius 1 is 1.17 bits per heavy atom. The van der Waals surface area contributed by atoms with Crippen molar-refractivity contribution in [3.8, 4) is 17.1 Å². The van der Waals surface area contributed by atoms with E-state index in [2.05, 4.69) is 15.5 Å². The Bertz CT molecular complexity index is 1130. The number of amides is 1. The molecular formula is C20H22N4O5S. The molecule has 30 heavy (non-hydrogen) atoms. The first-order valence-electron chi connectivity index (χ1n) is 9.06. The number of nitrogens with one attached hydrogen (secondary N) is 1. The molecule has 3 aromatic rings. The topological polar surface area (TPSA) is 115 Å². The molecule has 1 N–H and O–H groups in total. The van der Waals surface area contributed by atoms with Crippen LogP contribution in [0.1, 0.15) is 11.5 Å². The van der Waals surface area contributed by atoms with E-state index in [0.29, 0.717) is 17.3 Å². The van der Waals surface area contributed by atoms with E-state index >= 15 is 0 Å². The second kappa shape index (κ2) is 8.95. The summed E-state index contributed by atoms with van der Waals surface area (Å²) < 4.78 is 34.8. The Morgan fingerprint density at radius 3 is 2.53 bits per heavy atom. The van der Waals surface area contributed by atoms with Gasteiger partial charge in [0.1, 0.15) is 5.75 Å². The minimum atomic E-state index is -3.34. The summed E-state index contributed by atoms with van der Waals surface area (Å²) in [5, 5.41) is 6.59. The van der Waals surface area contributed by atoms with E-state index in [1.165, 1.54) is 7.05 Å². The minimum Gasteiger partial charge on any atom is -0.484 e. The molecule has 0 unspecified atom stereocenters. The molecule has 1 aromatic heterocycles. The van der Waals surface area contributed by atoms with Gasteiger partial charge in [0, 0.05) is 12.6 Å². The zero-order chi connectivity index (χ0) is 21.7. The fraction of sp³-hybridized carbons (Fsp3) is 0.250. The number of anilines is 1. The third kappa shape index (κ3) is 5.35. The Kier molecular flexibility index (Phi) is 6.36. The van der Waals surface area contributed by atoms with Crippen LogP contribution in [0.5, 0.6) is 5.75 Å². The second-order valence-electron chi connectivity index (χ2n) is 6.62. The summed E-state index contributed by atoms with van der Waals surface area (Å²) in [4.78, 5) is 16.3. The van der Waals surface area contributed by atoms with Crippen molar-refractivity contribution in [3.05, 3.63) is 60.0 Å². The number of rotatable bonds is 8. The Balaban J connectivity index is 1.49. The molecular weight excluding hydrogens is 408 g/mol. The average Bonchev–Trinajstić information content (AvgIpc) is 3.19. The molecule has 10 heteroatoms. The van der Waals surface area contributed by atoms with Crippen molar-refractivity contribution < 1.29 is 22.5 Å². The summed E-state index contributed by atoms with van der Waals surface area (Å²) in [5.41, 5.74) is 2.39. The number of aromatic nitrogens is 2. The summed E-state index contributed by atoms with van der Waals surface area (Å²) in [6, 6.07) is 14.1. The van der Waals surface area contributed by atoms with Crippen LogP contribution in [0.4, 0.5) is 5.69 Å². The number of carbonyl (C=O) groups excluding carboxylic acids is 1. The monoisotopic (exact) mass is 430 g/mol. The van der Waals surface area contributed by atoms with E-state index in [0.717, 1.165) is 21.7 Å². The van der Waals surface area contributed by atoms with Crippen LogP contribution in [-0.4, -0.2) is 44.4 Å². The third-order valence-electron chi connectivity index (χ3n) is 4.36. The standard InChI is InChI=1S/C20H22N4O5S/c1-14-6-4-5-7-17(14)20-22-19(29-23-20)12-21-18(25)13-28-16-10-8-15(9-11-16)24(2)30(3,26)27/h4-11H,12-13H2,1-3H3,(H,21,25). The first kappa shape index (κ1) is 21.3. The molecule has 2 aromatic carbocycles. The van der Waals surface area contributed by atoms with E-state index in [1.54, 1.807) is 24.3 Å². The first-order chi connectivity index (χ1) is 14.2. The molecule has 158 valence electrons. The van der Waals surface area contributed by atoms with Crippen molar-refractivity contribution in [2.45, 2.75) is 13.5 Å². The van der Waals surface area contributed by atoms with Crippen LogP contribution in [0, 0.1) is 6.92 Å². The second-order valence-corrected chi connectivity index (χ2v) is 8.63. The predicted molar refractivity (Wildman–Crippen MR) is 112 cm³/mol. The van der Waals surface area contributed by atoms with Crippen LogP contribution in [0.25, 0.3) is 11.4 Å². The number of sulfonamides is 1. The third-order valence-corrected chi connectivity index (χ3v) is 5.56. The molecule has 1 amide bonds. The van der Waals surface area contributed by atoms with Crippen LogP contribution >= 0.6 is 0 Å². The summed E-state index contributed by atoms with van der Waals surface area (Å²) in [6.07, 6.45) is 1.12. The number of carbonyl (C=O) groups is 1.